The Morgan fingerprint density at radius 2 is 2.15 bits per heavy atom. The van der Waals surface area contributed by atoms with Crippen molar-refractivity contribution in [1.82, 2.24) is 0 Å². The van der Waals surface area contributed by atoms with Crippen molar-refractivity contribution in [3.05, 3.63) is 22.7 Å². The molecule has 0 aromatic heterocycles. The molecule has 8 heteroatoms. The number of esters is 1. The largest absolute Gasteiger partial charge is 0.465 e. The van der Waals surface area contributed by atoms with Gasteiger partial charge < -0.3 is 14.4 Å². The molecule has 1 aliphatic rings. The van der Waals surface area contributed by atoms with Crippen LogP contribution in [0.15, 0.2) is 17.0 Å². The van der Waals surface area contributed by atoms with Gasteiger partial charge in [0.05, 0.1) is 34.9 Å². The number of halogens is 1. The van der Waals surface area contributed by atoms with Gasteiger partial charge in [0.2, 0.25) is 0 Å². The predicted octanol–water partition coefficient (Wildman–Crippen LogP) is 1.32. The topological polar surface area (TPSA) is 72.9 Å². The first kappa shape index (κ1) is 15.1. The fourth-order valence-corrected chi connectivity index (χ4v) is 3.31. The zero-order chi connectivity index (χ0) is 14.9. The molecule has 110 valence electrons. The summed E-state index contributed by atoms with van der Waals surface area (Å²) in [6.07, 6.45) is 1.09. The van der Waals surface area contributed by atoms with Gasteiger partial charge in [-0.25, -0.2) is 13.2 Å². The summed E-state index contributed by atoms with van der Waals surface area (Å²) in [7, 11) is -2.24. The third kappa shape index (κ3) is 2.74. The second-order valence-electron chi connectivity index (χ2n) is 4.34. The van der Waals surface area contributed by atoms with Gasteiger partial charge >= 0.3 is 5.97 Å². The summed E-state index contributed by atoms with van der Waals surface area (Å²) in [5, 5.41) is 0.0604. The van der Waals surface area contributed by atoms with Gasteiger partial charge in [0, 0.05) is 12.8 Å². The second kappa shape index (κ2) is 5.59. The number of nitrogens with zero attached hydrogens (tertiary/aromatic N) is 1. The summed E-state index contributed by atoms with van der Waals surface area (Å²) in [6, 6.07) is 2.71. The van der Waals surface area contributed by atoms with Crippen molar-refractivity contribution in [3.63, 3.8) is 0 Å². The summed E-state index contributed by atoms with van der Waals surface area (Å²) >= 11 is 6.21. The van der Waals surface area contributed by atoms with Crippen molar-refractivity contribution >= 4 is 33.1 Å². The lowest BCUT2D eigenvalue weighted by molar-refractivity contribution is 0.0601. The van der Waals surface area contributed by atoms with Crippen LogP contribution in [0.2, 0.25) is 5.02 Å². The molecule has 1 aromatic carbocycles. The van der Waals surface area contributed by atoms with Gasteiger partial charge in [0.25, 0.3) is 0 Å². The molecule has 1 saturated heterocycles. The SMILES string of the molecule is COC(=O)c1ccc(S(C)(=O)=O)c(N2CCOC2)c1Cl. The van der Waals surface area contributed by atoms with Crippen LogP contribution in [0.25, 0.3) is 0 Å². The van der Waals surface area contributed by atoms with Crippen molar-refractivity contribution in [2.45, 2.75) is 4.90 Å². The highest BCUT2D eigenvalue weighted by atomic mass is 35.5. The summed E-state index contributed by atoms with van der Waals surface area (Å²) in [4.78, 5) is 13.4. The molecule has 1 aromatic rings. The molecule has 0 saturated carbocycles. The van der Waals surface area contributed by atoms with Gasteiger partial charge in [0.1, 0.15) is 6.73 Å². The third-order valence-corrected chi connectivity index (χ3v) is 4.46. The van der Waals surface area contributed by atoms with Crippen LogP contribution in [-0.4, -0.2) is 47.6 Å². The molecule has 1 aliphatic heterocycles. The van der Waals surface area contributed by atoms with Gasteiger partial charge in [-0.05, 0) is 12.1 Å². The van der Waals surface area contributed by atoms with Crippen LogP contribution in [0.1, 0.15) is 10.4 Å². The van der Waals surface area contributed by atoms with Crippen LogP contribution in [0, 0.1) is 0 Å². The average Bonchev–Trinajstić information content (AvgIpc) is 2.89. The molecule has 0 amide bonds. The van der Waals surface area contributed by atoms with Crippen LogP contribution < -0.4 is 4.90 Å². The molecule has 0 unspecified atom stereocenters. The average molecular weight is 320 g/mol. The fraction of sp³-hybridized carbons (Fsp3) is 0.417. The quantitative estimate of drug-likeness (QED) is 0.782. The number of carbonyl (C=O) groups excluding carboxylic acids is 1. The van der Waals surface area contributed by atoms with E-state index in [1.165, 1.54) is 19.2 Å². The lowest BCUT2D eigenvalue weighted by Gasteiger charge is -2.21. The molecule has 20 heavy (non-hydrogen) atoms. The molecule has 2 rings (SSSR count). The van der Waals surface area contributed by atoms with Crippen LogP contribution in [0.5, 0.6) is 0 Å². The van der Waals surface area contributed by atoms with E-state index >= 15 is 0 Å². The van der Waals surface area contributed by atoms with Gasteiger partial charge in [-0.2, -0.15) is 0 Å². The smallest absolute Gasteiger partial charge is 0.339 e. The number of sulfone groups is 1. The molecule has 1 heterocycles. The molecule has 0 N–H and O–H groups in total. The highest BCUT2D eigenvalue weighted by Crippen LogP contribution is 2.37. The Labute approximate surface area is 122 Å². The van der Waals surface area contributed by atoms with Gasteiger partial charge in [0.15, 0.2) is 9.84 Å². The number of hydrogen-bond acceptors (Lipinski definition) is 6. The molecule has 0 atom stereocenters. The fourth-order valence-electron chi connectivity index (χ4n) is 2.00. The minimum Gasteiger partial charge on any atom is -0.465 e. The van der Waals surface area contributed by atoms with Gasteiger partial charge in [-0.15, -0.1) is 0 Å². The number of methoxy groups -OCH3 is 1. The minimum absolute atomic E-state index is 0.0604. The maximum absolute atomic E-state index is 11.9. The standard InChI is InChI=1S/C12H14ClNO5S/c1-18-12(15)8-3-4-9(20(2,16)17)11(10(8)13)14-5-6-19-7-14/h3-4H,5-7H2,1-2H3. The van der Waals surface area contributed by atoms with E-state index in [1.54, 1.807) is 4.90 Å². The monoisotopic (exact) mass is 319 g/mol. The number of hydrogen-bond donors (Lipinski definition) is 0. The number of ether oxygens (including phenoxy) is 2. The second-order valence-corrected chi connectivity index (χ2v) is 6.70. The van der Waals surface area contributed by atoms with E-state index in [0.717, 1.165) is 6.26 Å². The molecular weight excluding hydrogens is 306 g/mol. The van der Waals surface area contributed by atoms with E-state index in [2.05, 4.69) is 4.74 Å². The predicted molar refractivity (Wildman–Crippen MR) is 74.1 cm³/mol. The van der Waals surface area contributed by atoms with Gasteiger partial charge in [-0.3, -0.25) is 0 Å². The number of benzene rings is 1. The molecule has 0 radical (unpaired) electrons. The first-order valence-corrected chi connectivity index (χ1v) is 8.06. The highest BCUT2D eigenvalue weighted by molar-refractivity contribution is 7.90. The Hall–Kier alpha value is -1.31. The van der Waals surface area contributed by atoms with E-state index in [0.29, 0.717) is 13.2 Å². The zero-order valence-electron chi connectivity index (χ0n) is 11.1. The van der Waals surface area contributed by atoms with Crippen molar-refractivity contribution in [3.8, 4) is 0 Å². The Bertz CT molecular complexity index is 637. The Balaban J connectivity index is 2.66. The first-order valence-electron chi connectivity index (χ1n) is 5.80. The normalized spacial score (nSPS) is 15.4. The zero-order valence-corrected chi connectivity index (χ0v) is 12.6. The van der Waals surface area contributed by atoms with Crippen LogP contribution in [0.3, 0.4) is 0 Å². The molecule has 6 nitrogen and oxygen atoms in total. The van der Waals surface area contributed by atoms with E-state index in [4.69, 9.17) is 16.3 Å². The molecular formula is C12H14ClNO5S. The first-order chi connectivity index (χ1) is 9.36. The van der Waals surface area contributed by atoms with E-state index < -0.39 is 15.8 Å². The van der Waals surface area contributed by atoms with Crippen LogP contribution >= 0.6 is 11.6 Å². The minimum atomic E-state index is -3.48. The maximum Gasteiger partial charge on any atom is 0.339 e. The molecule has 0 aliphatic carbocycles. The van der Waals surface area contributed by atoms with Crippen molar-refractivity contribution in [2.75, 3.05) is 38.1 Å². The molecule has 1 fully saturated rings. The van der Waals surface area contributed by atoms with E-state index in [-0.39, 0.29) is 27.9 Å². The molecule has 0 spiro atoms. The van der Waals surface area contributed by atoms with E-state index in [1.807, 2.05) is 0 Å². The third-order valence-electron chi connectivity index (χ3n) is 2.95. The number of carbonyl (C=O) groups is 1. The number of rotatable bonds is 3. The lowest BCUT2D eigenvalue weighted by Crippen LogP contribution is -2.22. The summed E-state index contributed by atoms with van der Waals surface area (Å²) < 4.78 is 33.6. The Morgan fingerprint density at radius 1 is 1.45 bits per heavy atom. The van der Waals surface area contributed by atoms with Gasteiger partial charge in [-0.1, -0.05) is 11.6 Å². The van der Waals surface area contributed by atoms with Crippen molar-refractivity contribution in [2.24, 2.45) is 0 Å². The van der Waals surface area contributed by atoms with Crippen molar-refractivity contribution < 1.29 is 22.7 Å². The summed E-state index contributed by atoms with van der Waals surface area (Å²) in [6.45, 7) is 1.21. The Kier molecular flexibility index (Phi) is 4.22. The number of anilines is 1. The van der Waals surface area contributed by atoms with Crippen LogP contribution in [-0.2, 0) is 19.3 Å². The summed E-state index contributed by atoms with van der Waals surface area (Å²) in [5.74, 6) is -0.614. The molecule has 0 bridgehead atoms. The van der Waals surface area contributed by atoms with Crippen molar-refractivity contribution in [1.29, 1.82) is 0 Å². The van der Waals surface area contributed by atoms with E-state index in [9.17, 15) is 13.2 Å². The highest BCUT2D eigenvalue weighted by Gasteiger charge is 2.27. The summed E-state index contributed by atoms with van der Waals surface area (Å²) in [5.41, 5.74) is 0.415. The lowest BCUT2D eigenvalue weighted by atomic mass is 10.2. The maximum atomic E-state index is 11.9. The van der Waals surface area contributed by atoms with Crippen LogP contribution in [0.4, 0.5) is 5.69 Å². The Morgan fingerprint density at radius 3 is 2.65 bits per heavy atom.